The minimum atomic E-state index is -0.729. The van der Waals surface area contributed by atoms with Crippen molar-refractivity contribution in [3.8, 4) is 0 Å². The zero-order chi connectivity index (χ0) is 20.7. The molecule has 1 heterocycles. The molecule has 0 bridgehead atoms. The van der Waals surface area contributed by atoms with Crippen molar-refractivity contribution in [2.75, 3.05) is 0 Å². The van der Waals surface area contributed by atoms with E-state index in [1.807, 2.05) is 44.2 Å². The molecule has 0 aliphatic heterocycles. The van der Waals surface area contributed by atoms with Crippen molar-refractivity contribution < 1.29 is 14.3 Å². The standard InChI is InChI=1S/C21H28N4O3/c1-14(2)11-18(24-20(27)28-21(3,4)5)19(26)25-23-13-15-8-9-17-16(12-15)7-6-10-22-17/h6-10,12-14,18H,11H2,1-5H3,(H,24,27)(H,25,26). The van der Waals surface area contributed by atoms with Gasteiger partial charge in [0.15, 0.2) is 0 Å². The monoisotopic (exact) mass is 384 g/mol. The summed E-state index contributed by atoms with van der Waals surface area (Å²) in [5, 5.41) is 7.63. The molecule has 0 aliphatic carbocycles. The van der Waals surface area contributed by atoms with Gasteiger partial charge in [-0.05, 0) is 56.9 Å². The fourth-order valence-electron chi connectivity index (χ4n) is 2.58. The number of aromatic nitrogens is 1. The highest BCUT2D eigenvalue weighted by atomic mass is 16.6. The van der Waals surface area contributed by atoms with Crippen molar-refractivity contribution in [3.05, 3.63) is 42.1 Å². The number of carbonyl (C=O) groups excluding carboxylic acids is 2. The first-order valence-corrected chi connectivity index (χ1v) is 9.31. The fourth-order valence-corrected chi connectivity index (χ4v) is 2.58. The smallest absolute Gasteiger partial charge is 0.408 e. The lowest BCUT2D eigenvalue weighted by molar-refractivity contribution is -0.123. The predicted octanol–water partition coefficient (Wildman–Crippen LogP) is 3.62. The van der Waals surface area contributed by atoms with E-state index in [2.05, 4.69) is 20.8 Å². The second kappa shape index (κ2) is 9.30. The predicted molar refractivity (Wildman–Crippen MR) is 110 cm³/mol. The second-order valence-corrected chi connectivity index (χ2v) is 8.02. The number of benzene rings is 1. The largest absolute Gasteiger partial charge is 0.444 e. The van der Waals surface area contributed by atoms with Crippen LogP contribution in [0.1, 0.15) is 46.6 Å². The summed E-state index contributed by atoms with van der Waals surface area (Å²) >= 11 is 0. The molecule has 0 saturated heterocycles. The van der Waals surface area contributed by atoms with Crippen molar-refractivity contribution in [2.45, 2.75) is 52.7 Å². The first-order valence-electron chi connectivity index (χ1n) is 9.31. The van der Waals surface area contributed by atoms with Crippen LogP contribution in [0.3, 0.4) is 0 Å². The Hall–Kier alpha value is -2.96. The lowest BCUT2D eigenvalue weighted by atomic mass is 10.0. The molecule has 1 aromatic carbocycles. The Morgan fingerprint density at radius 3 is 2.68 bits per heavy atom. The molecule has 2 aromatic rings. The number of hydrogen-bond acceptors (Lipinski definition) is 5. The van der Waals surface area contributed by atoms with Crippen molar-refractivity contribution >= 4 is 29.1 Å². The van der Waals surface area contributed by atoms with Crippen molar-refractivity contribution in [1.29, 1.82) is 0 Å². The molecule has 1 aromatic heterocycles. The molecule has 0 fully saturated rings. The highest BCUT2D eigenvalue weighted by molar-refractivity contribution is 5.90. The minimum Gasteiger partial charge on any atom is -0.444 e. The molecule has 1 unspecified atom stereocenters. The maximum atomic E-state index is 12.5. The van der Waals surface area contributed by atoms with Crippen LogP contribution in [-0.2, 0) is 9.53 Å². The molecule has 0 spiro atoms. The lowest BCUT2D eigenvalue weighted by Crippen LogP contribution is -2.47. The maximum Gasteiger partial charge on any atom is 0.408 e. The van der Waals surface area contributed by atoms with Crippen molar-refractivity contribution in [3.63, 3.8) is 0 Å². The molecule has 7 nitrogen and oxygen atoms in total. The number of amides is 2. The molecule has 2 N–H and O–H groups in total. The van der Waals surface area contributed by atoms with Gasteiger partial charge < -0.3 is 10.1 Å². The summed E-state index contributed by atoms with van der Waals surface area (Å²) in [4.78, 5) is 28.8. The Morgan fingerprint density at radius 2 is 2.00 bits per heavy atom. The number of hydrazone groups is 1. The van der Waals surface area contributed by atoms with Crippen LogP contribution in [0.25, 0.3) is 10.9 Å². The Bertz CT molecular complexity index is 856. The Balaban J connectivity index is 2.00. The Morgan fingerprint density at radius 1 is 1.25 bits per heavy atom. The van der Waals surface area contributed by atoms with Gasteiger partial charge in [0.1, 0.15) is 11.6 Å². The van der Waals surface area contributed by atoms with Crippen LogP contribution in [0.5, 0.6) is 0 Å². The lowest BCUT2D eigenvalue weighted by Gasteiger charge is -2.23. The SMILES string of the molecule is CC(C)CC(NC(=O)OC(C)(C)C)C(=O)NN=Cc1ccc2ncccc2c1. The first-order chi connectivity index (χ1) is 13.1. The summed E-state index contributed by atoms with van der Waals surface area (Å²) in [5.41, 5.74) is 3.59. The van der Waals surface area contributed by atoms with Crippen LogP contribution in [0.15, 0.2) is 41.6 Å². The topological polar surface area (TPSA) is 92.7 Å². The Kier molecular flexibility index (Phi) is 7.09. The van der Waals surface area contributed by atoms with Crippen LogP contribution in [-0.4, -0.2) is 34.8 Å². The zero-order valence-corrected chi connectivity index (χ0v) is 17.0. The number of ether oxygens (including phenoxy) is 1. The Labute approximate surface area is 165 Å². The average Bonchev–Trinajstić information content (AvgIpc) is 2.59. The average molecular weight is 384 g/mol. The molecule has 0 saturated carbocycles. The molecule has 0 aliphatic rings. The second-order valence-electron chi connectivity index (χ2n) is 8.02. The number of carbonyl (C=O) groups is 2. The van der Waals surface area contributed by atoms with Gasteiger partial charge in [-0.2, -0.15) is 5.10 Å². The molecule has 7 heteroatoms. The van der Waals surface area contributed by atoms with Crippen LogP contribution >= 0.6 is 0 Å². The minimum absolute atomic E-state index is 0.211. The molecular weight excluding hydrogens is 356 g/mol. The fraction of sp³-hybridized carbons (Fsp3) is 0.429. The summed E-state index contributed by atoms with van der Waals surface area (Å²) in [6.45, 7) is 9.27. The number of nitrogens with zero attached hydrogens (tertiary/aromatic N) is 2. The van der Waals surface area contributed by atoms with Crippen molar-refractivity contribution in [1.82, 2.24) is 15.7 Å². The van der Waals surface area contributed by atoms with Gasteiger partial charge in [-0.25, -0.2) is 10.2 Å². The number of rotatable bonds is 6. The van der Waals surface area contributed by atoms with Gasteiger partial charge in [-0.1, -0.05) is 26.0 Å². The van der Waals surface area contributed by atoms with Gasteiger partial charge >= 0.3 is 6.09 Å². The van der Waals surface area contributed by atoms with Crippen molar-refractivity contribution in [2.24, 2.45) is 11.0 Å². The number of pyridine rings is 1. The summed E-state index contributed by atoms with van der Waals surface area (Å²) < 4.78 is 5.24. The molecule has 2 amide bonds. The molecule has 2 rings (SSSR count). The van der Waals surface area contributed by atoms with Gasteiger partial charge in [0, 0.05) is 11.6 Å². The quantitative estimate of drug-likeness (QED) is 0.588. The summed E-state index contributed by atoms with van der Waals surface area (Å²) in [6.07, 6.45) is 3.15. The third-order valence-corrected chi connectivity index (χ3v) is 3.73. The summed E-state index contributed by atoms with van der Waals surface area (Å²) in [7, 11) is 0. The zero-order valence-electron chi connectivity index (χ0n) is 17.0. The van der Waals surface area contributed by atoms with Crippen LogP contribution in [0.4, 0.5) is 4.79 Å². The molecule has 1 atom stereocenters. The highest BCUT2D eigenvalue weighted by Gasteiger charge is 2.24. The van der Waals surface area contributed by atoms with E-state index in [-0.39, 0.29) is 5.92 Å². The van der Waals surface area contributed by atoms with E-state index >= 15 is 0 Å². The van der Waals surface area contributed by atoms with E-state index in [1.54, 1.807) is 33.2 Å². The number of alkyl carbamates (subject to hydrolysis) is 1. The number of fused-ring (bicyclic) bond motifs is 1. The molecule has 150 valence electrons. The third-order valence-electron chi connectivity index (χ3n) is 3.73. The van der Waals surface area contributed by atoms with Gasteiger partial charge in [0.25, 0.3) is 5.91 Å². The van der Waals surface area contributed by atoms with Crippen LogP contribution < -0.4 is 10.7 Å². The van der Waals surface area contributed by atoms with Gasteiger partial charge in [0.2, 0.25) is 0 Å². The highest BCUT2D eigenvalue weighted by Crippen LogP contribution is 2.12. The first kappa shape index (κ1) is 21.3. The summed E-state index contributed by atoms with van der Waals surface area (Å²) in [5.74, 6) is -0.180. The van der Waals surface area contributed by atoms with Gasteiger partial charge in [0.05, 0.1) is 11.7 Å². The number of nitrogens with one attached hydrogen (secondary N) is 2. The van der Waals surface area contributed by atoms with E-state index in [0.717, 1.165) is 16.5 Å². The van der Waals surface area contributed by atoms with Crippen LogP contribution in [0.2, 0.25) is 0 Å². The maximum absolute atomic E-state index is 12.5. The third kappa shape index (κ3) is 6.98. The normalized spacial score (nSPS) is 12.9. The van der Waals surface area contributed by atoms with E-state index < -0.39 is 23.6 Å². The number of hydrogen-bond donors (Lipinski definition) is 2. The van der Waals surface area contributed by atoms with Gasteiger partial charge in [-0.3, -0.25) is 9.78 Å². The molecule has 28 heavy (non-hydrogen) atoms. The summed E-state index contributed by atoms with van der Waals surface area (Å²) in [6, 6.07) is 8.79. The van der Waals surface area contributed by atoms with E-state index in [4.69, 9.17) is 4.74 Å². The van der Waals surface area contributed by atoms with E-state index in [1.165, 1.54) is 0 Å². The van der Waals surface area contributed by atoms with Gasteiger partial charge in [-0.15, -0.1) is 0 Å². The van der Waals surface area contributed by atoms with E-state index in [0.29, 0.717) is 6.42 Å². The molecule has 0 radical (unpaired) electrons. The molecular formula is C21H28N4O3. The van der Waals surface area contributed by atoms with Crippen LogP contribution in [0, 0.1) is 5.92 Å². The van der Waals surface area contributed by atoms with E-state index in [9.17, 15) is 9.59 Å².